The highest BCUT2D eigenvalue weighted by Gasteiger charge is 2.52. The van der Waals surface area contributed by atoms with Gasteiger partial charge in [-0.05, 0) is 18.8 Å². The summed E-state index contributed by atoms with van der Waals surface area (Å²) < 4.78 is 39.8. The number of benzene rings is 1. The average molecular weight is 270 g/mol. The van der Waals surface area contributed by atoms with Crippen LogP contribution in [0.15, 0.2) is 12.1 Å². The van der Waals surface area contributed by atoms with Gasteiger partial charge in [-0.2, -0.15) is 0 Å². The van der Waals surface area contributed by atoms with Gasteiger partial charge in [0.1, 0.15) is 23.0 Å². The van der Waals surface area contributed by atoms with Crippen molar-refractivity contribution in [2.45, 2.75) is 18.4 Å². The molecule has 0 spiro atoms. The number of hydrogen-bond acceptors (Lipinski definition) is 2. The van der Waals surface area contributed by atoms with Gasteiger partial charge in [-0.15, -0.1) is 0 Å². The molecule has 0 aromatic heterocycles. The maximum Gasteiger partial charge on any atom is 0.259 e. The second-order valence-electron chi connectivity index (χ2n) is 5.41. The van der Waals surface area contributed by atoms with Gasteiger partial charge in [0.25, 0.3) is 5.91 Å². The summed E-state index contributed by atoms with van der Waals surface area (Å²) in [4.78, 5) is 13.3. The molecule has 1 aliphatic carbocycles. The van der Waals surface area contributed by atoms with E-state index in [9.17, 15) is 18.0 Å². The van der Waals surface area contributed by atoms with E-state index in [1.54, 1.807) is 0 Å². The van der Waals surface area contributed by atoms with E-state index in [2.05, 4.69) is 0 Å². The molecule has 0 radical (unpaired) electrons. The van der Waals surface area contributed by atoms with Gasteiger partial charge in [-0.3, -0.25) is 4.79 Å². The average Bonchev–Trinajstić information content (AvgIpc) is 3.06. The fourth-order valence-corrected chi connectivity index (χ4v) is 2.63. The summed E-state index contributed by atoms with van der Waals surface area (Å²) in [7, 11) is 0. The lowest BCUT2D eigenvalue weighted by molar-refractivity contribution is 0.0341. The van der Waals surface area contributed by atoms with Crippen LogP contribution in [0.5, 0.6) is 0 Å². The van der Waals surface area contributed by atoms with Crippen molar-refractivity contribution in [1.29, 1.82) is 0 Å². The normalized spacial score (nSPS) is 21.2. The Hall–Kier alpha value is -1.56. The zero-order valence-electron chi connectivity index (χ0n) is 10.1. The summed E-state index contributed by atoms with van der Waals surface area (Å²) in [6, 6.07) is 1.01. The second-order valence-corrected chi connectivity index (χ2v) is 5.41. The van der Waals surface area contributed by atoms with Crippen molar-refractivity contribution >= 4 is 5.91 Å². The van der Waals surface area contributed by atoms with Gasteiger partial charge in [-0.25, -0.2) is 13.2 Å². The molecule has 1 aliphatic heterocycles. The van der Waals surface area contributed by atoms with E-state index in [1.807, 2.05) is 0 Å². The number of amides is 1. The Labute approximate surface area is 108 Å². The second kappa shape index (κ2) is 3.96. The third-order valence-electron chi connectivity index (χ3n) is 3.87. The Morgan fingerprint density at radius 1 is 1.21 bits per heavy atom. The number of rotatable bonds is 2. The van der Waals surface area contributed by atoms with Crippen molar-refractivity contribution in [3.8, 4) is 0 Å². The molecule has 3 nitrogen and oxygen atoms in total. The highest BCUT2D eigenvalue weighted by atomic mass is 19.1. The van der Waals surface area contributed by atoms with E-state index in [4.69, 9.17) is 5.73 Å². The molecule has 0 atom stereocenters. The van der Waals surface area contributed by atoms with Crippen LogP contribution in [0.25, 0.3) is 0 Å². The summed E-state index contributed by atoms with van der Waals surface area (Å²) in [5.41, 5.74) is 4.95. The maximum atomic E-state index is 13.5. The van der Waals surface area contributed by atoms with Crippen molar-refractivity contribution in [2.75, 3.05) is 13.1 Å². The predicted molar refractivity (Wildman–Crippen MR) is 61.9 cm³/mol. The topological polar surface area (TPSA) is 46.3 Å². The van der Waals surface area contributed by atoms with Crippen LogP contribution in [0, 0.1) is 23.4 Å². The van der Waals surface area contributed by atoms with Gasteiger partial charge in [0.15, 0.2) is 0 Å². The lowest BCUT2D eigenvalue weighted by Gasteiger charge is -2.48. The van der Waals surface area contributed by atoms with Crippen LogP contribution in [0.2, 0.25) is 0 Å². The molecule has 0 unspecified atom stereocenters. The lowest BCUT2D eigenvalue weighted by atomic mass is 9.85. The van der Waals surface area contributed by atoms with E-state index in [0.717, 1.165) is 12.8 Å². The van der Waals surface area contributed by atoms with Gasteiger partial charge < -0.3 is 10.6 Å². The standard InChI is InChI=1S/C13H13F3N2O/c14-8-3-9(15)11(10(16)4-8)12(19)18-5-13(17,6-18)7-1-2-7/h3-4,7H,1-2,5-6,17H2. The van der Waals surface area contributed by atoms with Crippen LogP contribution in [0.3, 0.4) is 0 Å². The molecule has 6 heteroatoms. The highest BCUT2D eigenvalue weighted by molar-refractivity contribution is 5.95. The summed E-state index contributed by atoms with van der Waals surface area (Å²) in [5.74, 6) is -3.76. The highest BCUT2D eigenvalue weighted by Crippen LogP contribution is 2.43. The van der Waals surface area contributed by atoms with Crippen molar-refractivity contribution in [3.05, 3.63) is 35.1 Å². The Balaban J connectivity index is 1.79. The fourth-order valence-electron chi connectivity index (χ4n) is 2.63. The SMILES string of the molecule is NC1(C2CC2)CN(C(=O)c2c(F)cc(F)cc2F)C1. The Morgan fingerprint density at radius 3 is 2.21 bits per heavy atom. The first-order chi connectivity index (χ1) is 8.90. The number of hydrogen-bond donors (Lipinski definition) is 1. The first kappa shape index (κ1) is 12.5. The molecule has 102 valence electrons. The zero-order valence-corrected chi connectivity index (χ0v) is 10.1. The van der Waals surface area contributed by atoms with Crippen LogP contribution in [-0.2, 0) is 0 Å². The van der Waals surface area contributed by atoms with E-state index >= 15 is 0 Å². The van der Waals surface area contributed by atoms with Gasteiger partial charge >= 0.3 is 0 Å². The Bertz CT molecular complexity index is 528. The zero-order chi connectivity index (χ0) is 13.8. The molecule has 1 saturated carbocycles. The van der Waals surface area contributed by atoms with Gasteiger partial charge in [0.2, 0.25) is 0 Å². The third kappa shape index (κ3) is 2.00. The molecule has 1 aromatic rings. The molecule has 1 amide bonds. The van der Waals surface area contributed by atoms with Gasteiger partial charge in [-0.1, -0.05) is 0 Å². The van der Waals surface area contributed by atoms with Crippen LogP contribution in [0.1, 0.15) is 23.2 Å². The van der Waals surface area contributed by atoms with Crippen molar-refractivity contribution in [2.24, 2.45) is 11.7 Å². The molecule has 1 aromatic carbocycles. The van der Waals surface area contributed by atoms with Gasteiger partial charge in [0, 0.05) is 25.2 Å². The first-order valence-corrected chi connectivity index (χ1v) is 6.13. The van der Waals surface area contributed by atoms with Gasteiger partial charge in [0.05, 0.1) is 5.54 Å². The minimum Gasteiger partial charge on any atom is -0.335 e. The van der Waals surface area contributed by atoms with Crippen molar-refractivity contribution in [3.63, 3.8) is 0 Å². The molecule has 0 bridgehead atoms. The minimum atomic E-state index is -1.18. The first-order valence-electron chi connectivity index (χ1n) is 6.13. The Morgan fingerprint density at radius 2 is 1.74 bits per heavy atom. The van der Waals surface area contributed by atoms with Crippen LogP contribution in [-0.4, -0.2) is 29.4 Å². The summed E-state index contributed by atoms with van der Waals surface area (Å²) in [6.07, 6.45) is 2.08. The van der Waals surface area contributed by atoms with Crippen molar-refractivity contribution < 1.29 is 18.0 Å². The van der Waals surface area contributed by atoms with Crippen LogP contribution in [0.4, 0.5) is 13.2 Å². The third-order valence-corrected chi connectivity index (χ3v) is 3.87. The molecule has 2 fully saturated rings. The number of likely N-dealkylation sites (tertiary alicyclic amines) is 1. The molecule has 19 heavy (non-hydrogen) atoms. The Kier molecular flexibility index (Phi) is 2.60. The lowest BCUT2D eigenvalue weighted by Crippen LogP contribution is -2.70. The molecular formula is C13H13F3N2O. The smallest absolute Gasteiger partial charge is 0.259 e. The van der Waals surface area contributed by atoms with E-state index in [1.165, 1.54) is 4.90 Å². The molecule has 1 heterocycles. The number of carbonyl (C=O) groups is 1. The summed E-state index contributed by atoms with van der Waals surface area (Å²) in [5, 5.41) is 0. The molecule has 2 aliphatic rings. The van der Waals surface area contributed by atoms with E-state index in [0.29, 0.717) is 31.1 Å². The maximum absolute atomic E-state index is 13.5. The number of halogens is 3. The quantitative estimate of drug-likeness (QED) is 0.888. The van der Waals surface area contributed by atoms with E-state index < -0.39 is 34.5 Å². The summed E-state index contributed by atoms with van der Waals surface area (Å²) in [6.45, 7) is 0.597. The molecule has 2 N–H and O–H groups in total. The summed E-state index contributed by atoms with van der Waals surface area (Å²) >= 11 is 0. The largest absolute Gasteiger partial charge is 0.335 e. The number of nitrogens with zero attached hydrogens (tertiary/aromatic N) is 1. The fraction of sp³-hybridized carbons (Fsp3) is 0.462. The van der Waals surface area contributed by atoms with Crippen molar-refractivity contribution in [1.82, 2.24) is 4.90 Å². The van der Waals surface area contributed by atoms with Crippen LogP contribution < -0.4 is 5.73 Å². The predicted octanol–water partition coefficient (Wildman–Crippen LogP) is 1.67. The number of nitrogens with two attached hydrogens (primary N) is 1. The number of carbonyl (C=O) groups excluding carboxylic acids is 1. The molecule has 3 rings (SSSR count). The van der Waals surface area contributed by atoms with E-state index in [-0.39, 0.29) is 0 Å². The monoisotopic (exact) mass is 270 g/mol. The van der Waals surface area contributed by atoms with Crippen LogP contribution >= 0.6 is 0 Å². The molecule has 1 saturated heterocycles. The molecular weight excluding hydrogens is 257 g/mol. The minimum absolute atomic E-state index is 0.298.